The zero-order valence-corrected chi connectivity index (χ0v) is 12.0. The van der Waals surface area contributed by atoms with Crippen molar-refractivity contribution in [3.8, 4) is 0 Å². The molecule has 0 aromatic heterocycles. The third kappa shape index (κ3) is 4.15. The van der Waals surface area contributed by atoms with E-state index in [9.17, 15) is 8.42 Å². The van der Waals surface area contributed by atoms with Crippen LogP contribution in [0.3, 0.4) is 0 Å². The SMILES string of the molecule is CCCCCCNS(=O)(=O)c1c(N)cccc1Cl. The van der Waals surface area contributed by atoms with Gasteiger partial charge >= 0.3 is 0 Å². The van der Waals surface area contributed by atoms with E-state index in [0.717, 1.165) is 25.7 Å². The summed E-state index contributed by atoms with van der Waals surface area (Å²) in [6.45, 7) is 2.52. The van der Waals surface area contributed by atoms with E-state index in [-0.39, 0.29) is 15.6 Å². The fraction of sp³-hybridized carbons (Fsp3) is 0.500. The third-order valence-corrected chi connectivity index (χ3v) is 4.59. The van der Waals surface area contributed by atoms with Crippen LogP contribution in [0.1, 0.15) is 32.6 Å². The molecule has 0 aliphatic rings. The van der Waals surface area contributed by atoms with Gasteiger partial charge in [-0.1, -0.05) is 43.9 Å². The highest BCUT2D eigenvalue weighted by Gasteiger charge is 2.20. The molecule has 0 spiro atoms. The summed E-state index contributed by atoms with van der Waals surface area (Å²) >= 11 is 5.88. The molecule has 3 N–H and O–H groups in total. The van der Waals surface area contributed by atoms with Crippen LogP contribution in [0.5, 0.6) is 0 Å². The lowest BCUT2D eigenvalue weighted by Crippen LogP contribution is -2.26. The van der Waals surface area contributed by atoms with Gasteiger partial charge in [0.15, 0.2) is 0 Å². The Bertz CT molecular complexity index is 469. The Morgan fingerprint density at radius 3 is 2.61 bits per heavy atom. The van der Waals surface area contributed by atoms with Crippen molar-refractivity contribution in [3.63, 3.8) is 0 Å². The summed E-state index contributed by atoms with van der Waals surface area (Å²) in [4.78, 5) is -0.0258. The number of halogens is 1. The molecule has 0 saturated heterocycles. The molecule has 102 valence electrons. The number of nitrogen functional groups attached to an aromatic ring is 1. The summed E-state index contributed by atoms with van der Waals surface area (Å²) < 4.78 is 26.6. The Hall–Kier alpha value is -0.780. The van der Waals surface area contributed by atoms with Crippen molar-refractivity contribution < 1.29 is 8.42 Å². The van der Waals surface area contributed by atoms with Crippen LogP contribution in [0.25, 0.3) is 0 Å². The molecule has 18 heavy (non-hydrogen) atoms. The van der Waals surface area contributed by atoms with Gasteiger partial charge in [-0.15, -0.1) is 0 Å². The Morgan fingerprint density at radius 1 is 1.28 bits per heavy atom. The van der Waals surface area contributed by atoms with E-state index in [4.69, 9.17) is 17.3 Å². The van der Waals surface area contributed by atoms with E-state index in [1.54, 1.807) is 6.07 Å². The number of anilines is 1. The minimum Gasteiger partial charge on any atom is -0.398 e. The van der Waals surface area contributed by atoms with Gasteiger partial charge in [0, 0.05) is 6.54 Å². The summed E-state index contributed by atoms with van der Waals surface area (Å²) in [6.07, 6.45) is 4.05. The second-order valence-electron chi connectivity index (χ2n) is 4.12. The Labute approximate surface area is 114 Å². The first-order valence-electron chi connectivity index (χ1n) is 6.02. The molecular weight excluding hydrogens is 272 g/mol. The van der Waals surface area contributed by atoms with Crippen LogP contribution in [0, 0.1) is 0 Å². The summed E-state index contributed by atoms with van der Waals surface area (Å²) in [5.74, 6) is 0. The molecule has 0 fully saturated rings. The van der Waals surface area contributed by atoms with Gasteiger partial charge in [0.05, 0.1) is 10.7 Å². The first-order valence-corrected chi connectivity index (χ1v) is 7.89. The van der Waals surface area contributed by atoms with E-state index in [0.29, 0.717) is 6.54 Å². The van der Waals surface area contributed by atoms with Gasteiger partial charge in [0.1, 0.15) is 4.90 Å². The normalized spacial score (nSPS) is 11.7. The maximum Gasteiger partial charge on any atom is 0.244 e. The van der Waals surface area contributed by atoms with Gasteiger partial charge in [0.2, 0.25) is 10.0 Å². The number of benzene rings is 1. The van der Waals surface area contributed by atoms with Gasteiger partial charge in [0.25, 0.3) is 0 Å². The molecule has 0 amide bonds. The molecule has 0 aliphatic heterocycles. The molecule has 0 heterocycles. The highest BCUT2D eigenvalue weighted by molar-refractivity contribution is 7.89. The lowest BCUT2D eigenvalue weighted by molar-refractivity contribution is 0.574. The van der Waals surface area contributed by atoms with Crippen LogP contribution in [0.15, 0.2) is 23.1 Å². The molecule has 0 unspecified atom stereocenters. The number of rotatable bonds is 7. The molecule has 0 saturated carbocycles. The minimum atomic E-state index is -3.62. The van der Waals surface area contributed by atoms with E-state index < -0.39 is 10.0 Å². The molecule has 0 aliphatic carbocycles. The smallest absolute Gasteiger partial charge is 0.244 e. The quantitative estimate of drug-likeness (QED) is 0.599. The molecule has 1 aromatic rings. The average molecular weight is 291 g/mol. The second-order valence-corrected chi connectivity index (χ2v) is 6.23. The van der Waals surface area contributed by atoms with Gasteiger partial charge in [-0.25, -0.2) is 13.1 Å². The van der Waals surface area contributed by atoms with Crippen LogP contribution in [-0.2, 0) is 10.0 Å². The predicted molar refractivity (Wildman–Crippen MR) is 75.2 cm³/mol. The molecule has 1 rings (SSSR count). The topological polar surface area (TPSA) is 72.2 Å². The number of hydrogen-bond acceptors (Lipinski definition) is 3. The zero-order chi connectivity index (χ0) is 13.6. The van der Waals surface area contributed by atoms with E-state index >= 15 is 0 Å². The third-order valence-electron chi connectivity index (χ3n) is 2.59. The van der Waals surface area contributed by atoms with E-state index in [1.807, 2.05) is 0 Å². The maximum atomic E-state index is 12.0. The van der Waals surface area contributed by atoms with E-state index in [1.165, 1.54) is 12.1 Å². The lowest BCUT2D eigenvalue weighted by atomic mass is 10.2. The largest absolute Gasteiger partial charge is 0.398 e. The fourth-order valence-electron chi connectivity index (χ4n) is 1.64. The summed E-state index contributed by atoms with van der Waals surface area (Å²) in [7, 11) is -3.62. The van der Waals surface area contributed by atoms with Crippen LogP contribution in [-0.4, -0.2) is 15.0 Å². The Morgan fingerprint density at radius 2 is 2.00 bits per heavy atom. The van der Waals surface area contributed by atoms with Crippen LogP contribution in [0.4, 0.5) is 5.69 Å². The highest BCUT2D eigenvalue weighted by Crippen LogP contribution is 2.26. The average Bonchev–Trinajstić information content (AvgIpc) is 2.28. The monoisotopic (exact) mass is 290 g/mol. The van der Waals surface area contributed by atoms with Gasteiger partial charge in [-0.05, 0) is 18.6 Å². The maximum absolute atomic E-state index is 12.0. The van der Waals surface area contributed by atoms with Gasteiger partial charge in [-0.3, -0.25) is 0 Å². The number of nitrogens with one attached hydrogen (secondary N) is 1. The molecule has 0 atom stereocenters. The molecule has 0 radical (unpaired) electrons. The number of unbranched alkanes of at least 4 members (excludes halogenated alkanes) is 3. The lowest BCUT2D eigenvalue weighted by Gasteiger charge is -2.10. The van der Waals surface area contributed by atoms with Crippen molar-refractivity contribution in [1.29, 1.82) is 0 Å². The number of sulfonamides is 1. The Kier molecular flexibility index (Phi) is 5.91. The van der Waals surface area contributed by atoms with Crippen molar-refractivity contribution in [2.24, 2.45) is 0 Å². The minimum absolute atomic E-state index is 0.0258. The summed E-state index contributed by atoms with van der Waals surface area (Å²) in [5, 5.41) is 0.149. The van der Waals surface area contributed by atoms with Crippen molar-refractivity contribution in [2.45, 2.75) is 37.5 Å². The summed E-state index contributed by atoms with van der Waals surface area (Å²) in [5.41, 5.74) is 5.83. The van der Waals surface area contributed by atoms with Crippen LogP contribution < -0.4 is 10.5 Å². The van der Waals surface area contributed by atoms with Crippen LogP contribution >= 0.6 is 11.6 Å². The molecular formula is C12H19ClN2O2S. The zero-order valence-electron chi connectivity index (χ0n) is 10.4. The van der Waals surface area contributed by atoms with Gasteiger partial charge in [-0.2, -0.15) is 0 Å². The van der Waals surface area contributed by atoms with Crippen molar-refractivity contribution in [3.05, 3.63) is 23.2 Å². The fourth-order valence-corrected chi connectivity index (χ4v) is 3.39. The van der Waals surface area contributed by atoms with Crippen LogP contribution in [0.2, 0.25) is 5.02 Å². The summed E-state index contributed by atoms with van der Waals surface area (Å²) in [6, 6.07) is 4.67. The first-order chi connectivity index (χ1) is 8.49. The van der Waals surface area contributed by atoms with Crippen molar-refractivity contribution in [1.82, 2.24) is 4.72 Å². The molecule has 4 nitrogen and oxygen atoms in total. The van der Waals surface area contributed by atoms with Crippen molar-refractivity contribution >= 4 is 27.3 Å². The first kappa shape index (κ1) is 15.3. The predicted octanol–water partition coefficient (Wildman–Crippen LogP) is 2.78. The van der Waals surface area contributed by atoms with E-state index in [2.05, 4.69) is 11.6 Å². The second kappa shape index (κ2) is 6.97. The highest BCUT2D eigenvalue weighted by atomic mass is 35.5. The molecule has 1 aromatic carbocycles. The molecule has 0 bridgehead atoms. The van der Waals surface area contributed by atoms with Crippen molar-refractivity contribution in [2.75, 3.05) is 12.3 Å². The number of nitrogens with two attached hydrogens (primary N) is 1. The standard InChI is InChI=1S/C12H19ClN2O2S/c1-2-3-4-5-9-15-18(16,17)12-10(13)7-6-8-11(12)14/h6-8,15H,2-5,9,14H2,1H3. The molecule has 6 heteroatoms. The number of hydrogen-bond donors (Lipinski definition) is 2. The Balaban J connectivity index is 2.69. The van der Waals surface area contributed by atoms with Gasteiger partial charge < -0.3 is 5.73 Å².